The molecule has 0 bridgehead atoms. The van der Waals surface area contributed by atoms with Gasteiger partial charge in [0, 0.05) is 0 Å². The van der Waals surface area contributed by atoms with E-state index in [9.17, 15) is 0 Å². The Labute approximate surface area is 85.9 Å². The third-order valence-corrected chi connectivity index (χ3v) is 1.93. The molecule has 2 nitrogen and oxygen atoms in total. The summed E-state index contributed by atoms with van der Waals surface area (Å²) < 4.78 is 0. The van der Waals surface area contributed by atoms with Gasteiger partial charge in [0.05, 0.1) is 0 Å². The van der Waals surface area contributed by atoms with Crippen LogP contribution in [0.3, 0.4) is 0 Å². The van der Waals surface area contributed by atoms with Crippen LogP contribution in [0, 0.1) is 0 Å². The van der Waals surface area contributed by atoms with Crippen molar-refractivity contribution in [2.75, 3.05) is 40.8 Å². The fraction of sp³-hybridized carbons (Fsp3) is 1.00. The Morgan fingerprint density at radius 2 is 1.31 bits per heavy atom. The lowest BCUT2D eigenvalue weighted by Crippen LogP contribution is -2.20. The molecule has 0 aromatic rings. The maximum Gasteiger partial charge on any atom is -0.00214 e. The predicted molar refractivity (Wildman–Crippen MR) is 64.4 cm³/mol. The molecule has 0 fully saturated rings. The SMILES string of the molecule is C.C.CCN(C)CCCCN(C)C. The Bertz CT molecular complexity index is 82.2. The van der Waals surface area contributed by atoms with Gasteiger partial charge in [0.1, 0.15) is 0 Å². The summed E-state index contributed by atoms with van der Waals surface area (Å²) in [4.78, 5) is 4.60. The molecule has 0 saturated heterocycles. The second-order valence-corrected chi connectivity index (χ2v) is 3.41. The molecule has 84 valence electrons. The predicted octanol–water partition coefficient (Wildman–Crippen LogP) is 2.55. The fourth-order valence-corrected chi connectivity index (χ4v) is 0.968. The highest BCUT2D eigenvalue weighted by molar-refractivity contribution is 4.50. The van der Waals surface area contributed by atoms with Gasteiger partial charge >= 0.3 is 0 Å². The first-order chi connectivity index (χ1) is 5.16. The lowest BCUT2D eigenvalue weighted by Gasteiger charge is -2.14. The van der Waals surface area contributed by atoms with Gasteiger partial charge in [-0.05, 0) is 53.6 Å². The summed E-state index contributed by atoms with van der Waals surface area (Å²) >= 11 is 0. The van der Waals surface area contributed by atoms with Gasteiger partial charge in [0.25, 0.3) is 0 Å². The topological polar surface area (TPSA) is 6.48 Å². The average Bonchev–Trinajstić information content (AvgIpc) is 1.97. The van der Waals surface area contributed by atoms with Gasteiger partial charge in [-0.25, -0.2) is 0 Å². The van der Waals surface area contributed by atoms with E-state index in [1.165, 1.54) is 32.5 Å². The Morgan fingerprint density at radius 3 is 1.69 bits per heavy atom. The molecule has 0 radical (unpaired) electrons. The smallest absolute Gasteiger partial charge is 0.00214 e. The Morgan fingerprint density at radius 1 is 0.846 bits per heavy atom. The molecule has 0 aromatic carbocycles. The molecule has 2 heteroatoms. The molecule has 0 saturated carbocycles. The number of hydrogen-bond acceptors (Lipinski definition) is 2. The van der Waals surface area contributed by atoms with Gasteiger partial charge < -0.3 is 9.80 Å². The Kier molecular flexibility index (Phi) is 17.1. The van der Waals surface area contributed by atoms with E-state index >= 15 is 0 Å². The van der Waals surface area contributed by atoms with Crippen molar-refractivity contribution in [3.05, 3.63) is 0 Å². The van der Waals surface area contributed by atoms with Crippen LogP contribution in [0.4, 0.5) is 0 Å². The molecule has 0 aliphatic heterocycles. The van der Waals surface area contributed by atoms with Crippen LogP contribution in [0.2, 0.25) is 0 Å². The molecule has 0 spiro atoms. The van der Waals surface area contributed by atoms with Gasteiger partial charge in [0.2, 0.25) is 0 Å². The van der Waals surface area contributed by atoms with Gasteiger partial charge in [-0.2, -0.15) is 0 Å². The summed E-state index contributed by atoms with van der Waals surface area (Å²) in [6.45, 7) is 5.83. The van der Waals surface area contributed by atoms with Crippen molar-refractivity contribution >= 4 is 0 Å². The number of unbranched alkanes of at least 4 members (excludes halogenated alkanes) is 1. The minimum Gasteiger partial charge on any atom is -0.309 e. The summed E-state index contributed by atoms with van der Waals surface area (Å²) in [7, 11) is 6.43. The largest absolute Gasteiger partial charge is 0.309 e. The van der Waals surface area contributed by atoms with Gasteiger partial charge in [-0.3, -0.25) is 0 Å². The molecule has 0 N–H and O–H groups in total. The first-order valence-corrected chi connectivity index (χ1v) is 4.50. The van der Waals surface area contributed by atoms with Crippen LogP contribution in [0.25, 0.3) is 0 Å². The molecule has 0 amide bonds. The molecule has 0 atom stereocenters. The van der Waals surface area contributed by atoms with E-state index in [0.717, 1.165) is 0 Å². The van der Waals surface area contributed by atoms with Crippen molar-refractivity contribution in [1.29, 1.82) is 0 Å². The Hall–Kier alpha value is -0.0800. The van der Waals surface area contributed by atoms with E-state index in [-0.39, 0.29) is 14.9 Å². The van der Waals surface area contributed by atoms with Crippen molar-refractivity contribution in [2.24, 2.45) is 0 Å². The van der Waals surface area contributed by atoms with Crippen LogP contribution in [0.15, 0.2) is 0 Å². The molecule has 0 aliphatic carbocycles. The molecule has 0 heterocycles. The lowest BCUT2D eigenvalue weighted by molar-refractivity contribution is 0.324. The number of rotatable bonds is 6. The highest BCUT2D eigenvalue weighted by Crippen LogP contribution is 1.93. The second-order valence-electron chi connectivity index (χ2n) is 3.41. The molecule has 13 heavy (non-hydrogen) atoms. The third-order valence-electron chi connectivity index (χ3n) is 1.93. The zero-order chi connectivity index (χ0) is 8.69. The van der Waals surface area contributed by atoms with Crippen LogP contribution in [-0.2, 0) is 0 Å². The standard InChI is InChI=1S/C9H22N2.2CH4/c1-5-11(4)9-7-6-8-10(2)3;;/h5-9H2,1-4H3;2*1H4. The van der Waals surface area contributed by atoms with E-state index in [1.54, 1.807) is 0 Å². The van der Waals surface area contributed by atoms with E-state index in [4.69, 9.17) is 0 Å². The molecule has 0 unspecified atom stereocenters. The van der Waals surface area contributed by atoms with Crippen LogP contribution in [0.5, 0.6) is 0 Å². The van der Waals surface area contributed by atoms with Crippen LogP contribution in [0.1, 0.15) is 34.6 Å². The van der Waals surface area contributed by atoms with Gasteiger partial charge in [0.15, 0.2) is 0 Å². The zero-order valence-electron chi connectivity index (χ0n) is 8.43. The maximum atomic E-state index is 2.36. The molecular formula is C11H30N2. The molecule has 0 aliphatic rings. The van der Waals surface area contributed by atoms with Gasteiger partial charge in [-0.15, -0.1) is 0 Å². The average molecular weight is 190 g/mol. The third kappa shape index (κ3) is 14.7. The first-order valence-electron chi connectivity index (χ1n) is 4.50. The fourth-order valence-electron chi connectivity index (χ4n) is 0.968. The van der Waals surface area contributed by atoms with Crippen molar-refractivity contribution in [3.8, 4) is 0 Å². The van der Waals surface area contributed by atoms with Crippen molar-refractivity contribution in [3.63, 3.8) is 0 Å². The minimum absolute atomic E-state index is 0. The number of hydrogen-bond donors (Lipinski definition) is 0. The van der Waals surface area contributed by atoms with Crippen LogP contribution < -0.4 is 0 Å². The lowest BCUT2D eigenvalue weighted by atomic mass is 10.3. The van der Waals surface area contributed by atoms with Crippen molar-refractivity contribution in [2.45, 2.75) is 34.6 Å². The molecule has 0 aromatic heterocycles. The number of nitrogens with zero attached hydrogens (tertiary/aromatic N) is 2. The van der Waals surface area contributed by atoms with E-state index < -0.39 is 0 Å². The first kappa shape index (κ1) is 18.7. The molecule has 0 rings (SSSR count). The highest BCUT2D eigenvalue weighted by Gasteiger charge is 1.94. The van der Waals surface area contributed by atoms with E-state index in [0.29, 0.717) is 0 Å². The zero-order valence-corrected chi connectivity index (χ0v) is 8.43. The highest BCUT2D eigenvalue weighted by atomic mass is 15.1. The second kappa shape index (κ2) is 11.9. The quantitative estimate of drug-likeness (QED) is 0.594. The van der Waals surface area contributed by atoms with Crippen molar-refractivity contribution in [1.82, 2.24) is 9.80 Å². The van der Waals surface area contributed by atoms with Crippen molar-refractivity contribution < 1.29 is 0 Å². The summed E-state index contributed by atoms with van der Waals surface area (Å²) in [6, 6.07) is 0. The summed E-state index contributed by atoms with van der Waals surface area (Å²) in [5, 5.41) is 0. The normalized spacial score (nSPS) is 9.69. The summed E-state index contributed by atoms with van der Waals surface area (Å²) in [5.74, 6) is 0. The Balaban J connectivity index is -0.000000500. The summed E-state index contributed by atoms with van der Waals surface area (Å²) in [5.41, 5.74) is 0. The van der Waals surface area contributed by atoms with Crippen LogP contribution >= 0.6 is 0 Å². The molecular weight excluding hydrogens is 160 g/mol. The monoisotopic (exact) mass is 190 g/mol. The minimum atomic E-state index is 0. The van der Waals surface area contributed by atoms with Gasteiger partial charge in [-0.1, -0.05) is 21.8 Å². The summed E-state index contributed by atoms with van der Waals surface area (Å²) in [6.07, 6.45) is 2.64. The maximum absolute atomic E-state index is 2.36. The van der Waals surface area contributed by atoms with E-state index in [1.807, 2.05) is 0 Å². The van der Waals surface area contributed by atoms with Crippen LogP contribution in [-0.4, -0.2) is 50.6 Å². The van der Waals surface area contributed by atoms with E-state index in [2.05, 4.69) is 37.9 Å².